The summed E-state index contributed by atoms with van der Waals surface area (Å²) in [6.07, 6.45) is 0.363. The molecule has 0 aromatic heterocycles. The maximum Gasteiger partial charge on any atom is 0.127 e. The van der Waals surface area contributed by atoms with Crippen LogP contribution in [0.4, 0.5) is 0 Å². The third-order valence-corrected chi connectivity index (χ3v) is 6.43. The molecule has 0 N–H and O–H groups in total. The first-order valence-electron chi connectivity index (χ1n) is 12.8. The topological polar surface area (TPSA) is 12.5 Å². The van der Waals surface area contributed by atoms with Gasteiger partial charge in [0.2, 0.25) is 0 Å². The molecule has 0 saturated heterocycles. The Morgan fingerprint density at radius 1 is 1.00 bits per heavy atom. The second-order valence-electron chi connectivity index (χ2n) is 9.02. The maximum atomic E-state index is 8.72. The van der Waals surface area contributed by atoms with Crippen molar-refractivity contribution < 1.29 is 10.2 Å². The van der Waals surface area contributed by atoms with Crippen molar-refractivity contribution in [2.75, 3.05) is 7.05 Å². The number of benzene rings is 3. The molecule has 0 saturated carbocycles. The Labute approximate surface area is 188 Å². The van der Waals surface area contributed by atoms with Gasteiger partial charge in [-0.25, -0.2) is 0 Å². The highest BCUT2D eigenvalue weighted by atomic mass is 16.5. The number of rotatable bonds is 7. The molecule has 0 heterocycles. The van der Waals surface area contributed by atoms with Crippen molar-refractivity contribution >= 4 is 10.8 Å². The predicted octanol–water partition coefficient (Wildman–Crippen LogP) is 7.18. The van der Waals surface area contributed by atoms with Crippen LogP contribution < -0.4 is 4.74 Å². The molecule has 30 heavy (non-hydrogen) atoms. The molecule has 0 aliphatic heterocycles. The third kappa shape index (κ3) is 4.39. The summed E-state index contributed by atoms with van der Waals surface area (Å²) >= 11 is 0. The molecule has 0 spiro atoms. The zero-order valence-electron chi connectivity index (χ0n) is 23.6. The molecule has 160 valence electrons. The fourth-order valence-electron chi connectivity index (χ4n) is 4.35. The average molecular weight is 408 g/mol. The second-order valence-corrected chi connectivity index (χ2v) is 9.02. The van der Waals surface area contributed by atoms with Gasteiger partial charge in [0.15, 0.2) is 0 Å². The molecule has 0 radical (unpaired) electrons. The van der Waals surface area contributed by atoms with E-state index in [-0.39, 0.29) is 36.3 Å². The van der Waals surface area contributed by atoms with Crippen molar-refractivity contribution in [2.45, 2.75) is 72.6 Å². The van der Waals surface area contributed by atoms with Crippen LogP contribution in [0.5, 0.6) is 5.75 Å². The molecule has 3 rings (SSSR count). The van der Waals surface area contributed by atoms with E-state index in [9.17, 15) is 0 Å². The molecular formula is C28H37NO. The van der Waals surface area contributed by atoms with Crippen molar-refractivity contribution in [3.8, 4) is 5.75 Å². The lowest BCUT2D eigenvalue weighted by Crippen LogP contribution is -2.47. The minimum absolute atomic E-state index is 0.0212. The molecule has 3 aromatic carbocycles. The van der Waals surface area contributed by atoms with Gasteiger partial charge in [0.25, 0.3) is 0 Å². The van der Waals surface area contributed by atoms with E-state index in [1.165, 1.54) is 11.1 Å². The fraction of sp³-hybridized carbons (Fsp3) is 0.429. The van der Waals surface area contributed by atoms with Crippen LogP contribution in [0.3, 0.4) is 0 Å². The normalized spacial score (nSPS) is 16.7. The highest BCUT2D eigenvalue weighted by molar-refractivity contribution is 5.89. The summed E-state index contributed by atoms with van der Waals surface area (Å²) in [4.78, 5) is 2.19. The minimum atomic E-state index is -0.662. The average Bonchev–Trinajstić information content (AvgIpc) is 2.77. The van der Waals surface area contributed by atoms with Gasteiger partial charge in [-0.05, 0) is 95.3 Å². The second kappa shape index (κ2) is 8.81. The van der Waals surface area contributed by atoms with Gasteiger partial charge in [-0.2, -0.15) is 0 Å². The van der Waals surface area contributed by atoms with E-state index in [0.717, 1.165) is 16.5 Å². The number of hydrogen-bond donors (Lipinski definition) is 0. The lowest BCUT2D eigenvalue weighted by molar-refractivity contribution is 0.0513. The van der Waals surface area contributed by atoms with E-state index in [1.54, 1.807) is 6.92 Å². The summed E-state index contributed by atoms with van der Waals surface area (Å²) in [5.74, 6) is 0.828. The molecule has 2 nitrogen and oxygen atoms in total. The fourth-order valence-corrected chi connectivity index (χ4v) is 4.35. The number of nitrogens with zero attached hydrogens (tertiary/aromatic N) is 1. The van der Waals surface area contributed by atoms with E-state index < -0.39 is 5.54 Å². The summed E-state index contributed by atoms with van der Waals surface area (Å²) in [5.41, 5.74) is 3.03. The quantitative estimate of drug-likeness (QED) is 0.411. The Hall–Kier alpha value is -2.32. The van der Waals surface area contributed by atoms with Crippen LogP contribution in [0.1, 0.15) is 61.9 Å². The molecule has 2 atom stereocenters. The van der Waals surface area contributed by atoms with Gasteiger partial charge < -0.3 is 4.74 Å². The van der Waals surface area contributed by atoms with E-state index in [0.29, 0.717) is 17.5 Å². The van der Waals surface area contributed by atoms with Crippen LogP contribution in [-0.4, -0.2) is 24.1 Å². The number of aryl methyl sites for hydroxylation is 2. The van der Waals surface area contributed by atoms with E-state index >= 15 is 0 Å². The lowest BCUT2D eigenvalue weighted by Gasteiger charge is -2.44. The summed E-state index contributed by atoms with van der Waals surface area (Å²) < 4.78 is 40.0. The molecule has 1 unspecified atom stereocenters. The lowest BCUT2D eigenvalue weighted by atomic mass is 9.82. The van der Waals surface area contributed by atoms with Gasteiger partial charge in [0.1, 0.15) is 5.75 Å². The minimum Gasteiger partial charge on any atom is -0.490 e. The molecule has 0 aliphatic rings. The molecule has 0 fully saturated rings. The van der Waals surface area contributed by atoms with Crippen molar-refractivity contribution in [1.82, 2.24) is 4.90 Å². The van der Waals surface area contributed by atoms with Crippen molar-refractivity contribution in [3.63, 3.8) is 0 Å². The van der Waals surface area contributed by atoms with Crippen molar-refractivity contribution in [3.05, 3.63) is 76.8 Å². The van der Waals surface area contributed by atoms with E-state index in [1.807, 2.05) is 26.1 Å². The number of hydrogen-bond acceptors (Lipinski definition) is 2. The van der Waals surface area contributed by atoms with Gasteiger partial charge >= 0.3 is 0 Å². The highest BCUT2D eigenvalue weighted by Gasteiger charge is 2.36. The Balaban J connectivity index is 2.07. The monoisotopic (exact) mass is 407 g/mol. The zero-order valence-corrected chi connectivity index (χ0v) is 19.6. The van der Waals surface area contributed by atoms with E-state index in [4.69, 9.17) is 10.2 Å². The summed E-state index contributed by atoms with van der Waals surface area (Å²) in [6, 6.07) is 10.3. The van der Waals surface area contributed by atoms with Crippen LogP contribution in [0.15, 0.2) is 54.5 Å². The first-order valence-corrected chi connectivity index (χ1v) is 10.8. The summed E-state index contributed by atoms with van der Waals surface area (Å²) in [5, 5.41) is 2.22. The van der Waals surface area contributed by atoms with Gasteiger partial charge in [-0.1, -0.05) is 42.4 Å². The zero-order chi connectivity index (χ0) is 25.5. The van der Waals surface area contributed by atoms with Crippen LogP contribution in [0, 0.1) is 20.8 Å². The molecule has 0 bridgehead atoms. The van der Waals surface area contributed by atoms with Crippen LogP contribution in [-0.2, 0) is 5.54 Å². The molecular weight excluding hydrogens is 366 g/mol. The van der Waals surface area contributed by atoms with Gasteiger partial charge in [-0.15, -0.1) is 0 Å². The first kappa shape index (κ1) is 17.4. The smallest absolute Gasteiger partial charge is 0.127 e. The van der Waals surface area contributed by atoms with Gasteiger partial charge in [0, 0.05) is 23.4 Å². The molecule has 0 amide bonds. The predicted molar refractivity (Wildman–Crippen MR) is 130 cm³/mol. The maximum absolute atomic E-state index is 8.72. The Kier molecular flexibility index (Phi) is 5.10. The van der Waals surface area contributed by atoms with Crippen molar-refractivity contribution in [1.29, 1.82) is 0 Å². The number of ether oxygens (including phenoxy) is 1. The Morgan fingerprint density at radius 2 is 1.67 bits per heavy atom. The first-order chi connectivity index (χ1) is 15.8. The molecule has 0 aliphatic carbocycles. The van der Waals surface area contributed by atoms with E-state index in [2.05, 4.69) is 57.7 Å². The largest absolute Gasteiger partial charge is 0.490 e. The summed E-state index contributed by atoms with van der Waals surface area (Å²) in [7, 11) is 2.02. The number of fused-ring (bicyclic) bond motifs is 1. The summed E-state index contributed by atoms with van der Waals surface area (Å²) in [6.45, 7) is 14.3. The van der Waals surface area contributed by atoms with Crippen LogP contribution in [0.2, 0.25) is 0 Å². The van der Waals surface area contributed by atoms with Gasteiger partial charge in [-0.3, -0.25) is 4.90 Å². The standard InChI is InChI=1S/C28H37NO/c1-19(2)29(8)28(7,26-14-10-9-12-20(26)3)18-23(6)30-27-15-11-13-24-16-21(4)22(5)17-25(24)27/h9-17,19,23H,18H2,1-8H3/t23?,28-/m0/s1/i9D,10D,12D,14D. The molecule has 2 heteroatoms. The third-order valence-electron chi connectivity index (χ3n) is 6.43. The highest BCUT2D eigenvalue weighted by Crippen LogP contribution is 2.37. The van der Waals surface area contributed by atoms with Crippen LogP contribution in [0.25, 0.3) is 10.8 Å². The Morgan fingerprint density at radius 3 is 2.37 bits per heavy atom. The van der Waals surface area contributed by atoms with Gasteiger partial charge in [0.05, 0.1) is 11.6 Å². The Bertz CT molecular complexity index is 1190. The van der Waals surface area contributed by atoms with Crippen molar-refractivity contribution in [2.24, 2.45) is 0 Å². The molecule has 3 aromatic rings. The van der Waals surface area contributed by atoms with Crippen LogP contribution >= 0.6 is 0 Å². The SMILES string of the molecule is [2H]c1c([2H])c([2H])c([C@](C)(CC(C)Oc2cccc3cc(C)c(C)cc23)N(C)C(C)C)c(C)c1[2H].